The van der Waals surface area contributed by atoms with Gasteiger partial charge in [0.1, 0.15) is 0 Å². The van der Waals surface area contributed by atoms with Gasteiger partial charge in [0.05, 0.1) is 11.4 Å². The predicted molar refractivity (Wildman–Crippen MR) is 107 cm³/mol. The van der Waals surface area contributed by atoms with Gasteiger partial charge in [0.15, 0.2) is 0 Å². The molecule has 3 rings (SSSR count). The van der Waals surface area contributed by atoms with E-state index in [1.165, 1.54) is 12.8 Å². The van der Waals surface area contributed by atoms with Gasteiger partial charge in [-0.3, -0.25) is 4.79 Å². The van der Waals surface area contributed by atoms with Crippen molar-refractivity contribution < 1.29 is 4.79 Å². The number of hydrogen-bond acceptors (Lipinski definition) is 3. The smallest absolute Gasteiger partial charge is 0.220 e. The molecule has 2 heterocycles. The third kappa shape index (κ3) is 5.32. The third-order valence-electron chi connectivity index (χ3n) is 4.94. The molecule has 142 valence electrons. The highest BCUT2D eigenvalue weighted by Gasteiger charge is 2.15. The molecule has 0 atom stereocenters. The number of carbonyl (C=O) groups is 1. The highest BCUT2D eigenvalue weighted by Crippen LogP contribution is 2.19. The molecule has 0 spiro atoms. The Morgan fingerprint density at radius 2 is 2.00 bits per heavy atom. The number of aryl methyl sites for hydroxylation is 2. The number of piperidine rings is 1. The van der Waals surface area contributed by atoms with Crippen LogP contribution in [0.15, 0.2) is 30.3 Å². The molecule has 0 radical (unpaired) electrons. The molecule has 1 amide bonds. The Hall–Kier alpha value is -1.85. The monoisotopic (exact) mass is 376 g/mol. The minimum Gasteiger partial charge on any atom is -0.352 e. The first-order valence-electron chi connectivity index (χ1n) is 9.22. The Morgan fingerprint density at radius 1 is 1.27 bits per heavy atom. The number of nitrogens with one attached hydrogen (secondary N) is 2. The van der Waals surface area contributed by atoms with Crippen LogP contribution in [0.3, 0.4) is 0 Å². The molecule has 2 aromatic rings. The molecule has 1 aliphatic heterocycles. The van der Waals surface area contributed by atoms with Crippen molar-refractivity contribution in [2.24, 2.45) is 5.92 Å². The lowest BCUT2D eigenvalue weighted by Gasteiger charge is -2.22. The van der Waals surface area contributed by atoms with Gasteiger partial charge in [0.2, 0.25) is 5.91 Å². The van der Waals surface area contributed by atoms with Crippen LogP contribution in [-0.4, -0.2) is 28.8 Å². The summed E-state index contributed by atoms with van der Waals surface area (Å²) in [5, 5.41) is 11.0. The molecular formula is C20H29ClN4O. The Balaban J connectivity index is 0.00000243. The highest BCUT2D eigenvalue weighted by molar-refractivity contribution is 5.85. The van der Waals surface area contributed by atoms with E-state index in [4.69, 9.17) is 0 Å². The molecule has 26 heavy (non-hydrogen) atoms. The summed E-state index contributed by atoms with van der Waals surface area (Å²) in [6.45, 7) is 6.76. The second kappa shape index (κ2) is 9.74. The molecule has 1 aromatic carbocycles. The van der Waals surface area contributed by atoms with E-state index in [0.717, 1.165) is 42.1 Å². The number of carbonyl (C=O) groups excluding carboxylic acids is 1. The molecule has 1 aromatic heterocycles. The molecule has 1 aliphatic rings. The van der Waals surface area contributed by atoms with Crippen LogP contribution in [0.5, 0.6) is 0 Å². The topological polar surface area (TPSA) is 59.0 Å². The molecule has 1 saturated heterocycles. The van der Waals surface area contributed by atoms with Crippen LogP contribution in [0.2, 0.25) is 0 Å². The second-order valence-corrected chi connectivity index (χ2v) is 6.98. The van der Waals surface area contributed by atoms with Crippen molar-refractivity contribution in [3.05, 3.63) is 47.3 Å². The first-order valence-corrected chi connectivity index (χ1v) is 9.22. The van der Waals surface area contributed by atoms with E-state index in [1.807, 2.05) is 30.7 Å². The fraction of sp³-hybridized carbons (Fsp3) is 0.500. The van der Waals surface area contributed by atoms with E-state index in [2.05, 4.69) is 33.9 Å². The van der Waals surface area contributed by atoms with E-state index in [1.54, 1.807) is 0 Å². The van der Waals surface area contributed by atoms with E-state index >= 15 is 0 Å². The lowest BCUT2D eigenvalue weighted by Crippen LogP contribution is -2.29. The van der Waals surface area contributed by atoms with Gasteiger partial charge in [-0.2, -0.15) is 5.10 Å². The van der Waals surface area contributed by atoms with Crippen LogP contribution < -0.4 is 10.6 Å². The number of amides is 1. The zero-order valence-corrected chi connectivity index (χ0v) is 16.4. The summed E-state index contributed by atoms with van der Waals surface area (Å²) in [6, 6.07) is 10.2. The molecule has 0 unspecified atom stereocenters. The fourth-order valence-corrected chi connectivity index (χ4v) is 3.53. The van der Waals surface area contributed by atoms with E-state index < -0.39 is 0 Å². The van der Waals surface area contributed by atoms with Crippen molar-refractivity contribution in [2.75, 3.05) is 13.1 Å². The van der Waals surface area contributed by atoms with Gasteiger partial charge in [-0.1, -0.05) is 18.2 Å². The van der Waals surface area contributed by atoms with Gasteiger partial charge in [-0.15, -0.1) is 12.4 Å². The van der Waals surface area contributed by atoms with Crippen LogP contribution in [0.4, 0.5) is 0 Å². The zero-order chi connectivity index (χ0) is 17.6. The van der Waals surface area contributed by atoms with Crippen LogP contribution in [0.25, 0.3) is 5.69 Å². The molecule has 6 heteroatoms. The average molecular weight is 377 g/mol. The van der Waals surface area contributed by atoms with Crippen molar-refractivity contribution in [1.82, 2.24) is 20.4 Å². The summed E-state index contributed by atoms with van der Waals surface area (Å²) in [5.74, 6) is 0.829. The number of rotatable bonds is 6. The molecule has 0 saturated carbocycles. The zero-order valence-electron chi connectivity index (χ0n) is 15.6. The maximum atomic E-state index is 12.2. The molecule has 5 nitrogen and oxygen atoms in total. The maximum absolute atomic E-state index is 12.2. The molecule has 2 N–H and O–H groups in total. The average Bonchev–Trinajstić information content (AvgIpc) is 2.97. The van der Waals surface area contributed by atoms with Crippen LogP contribution >= 0.6 is 12.4 Å². The lowest BCUT2D eigenvalue weighted by atomic mass is 9.93. The van der Waals surface area contributed by atoms with E-state index in [0.29, 0.717) is 18.9 Å². The fourth-order valence-electron chi connectivity index (χ4n) is 3.53. The van der Waals surface area contributed by atoms with Crippen molar-refractivity contribution in [2.45, 2.75) is 46.1 Å². The number of para-hydroxylation sites is 1. The lowest BCUT2D eigenvalue weighted by molar-refractivity contribution is -0.121. The van der Waals surface area contributed by atoms with Crippen molar-refractivity contribution in [3.8, 4) is 5.69 Å². The van der Waals surface area contributed by atoms with Crippen LogP contribution in [0, 0.1) is 19.8 Å². The Bertz CT molecular complexity index is 722. The normalized spacial score (nSPS) is 14.7. The summed E-state index contributed by atoms with van der Waals surface area (Å²) in [6.07, 6.45) is 3.99. The summed E-state index contributed by atoms with van der Waals surface area (Å²) >= 11 is 0. The summed E-state index contributed by atoms with van der Waals surface area (Å²) in [7, 11) is 0. The Morgan fingerprint density at radius 3 is 2.69 bits per heavy atom. The minimum absolute atomic E-state index is 0. The number of hydrogen-bond donors (Lipinski definition) is 2. The number of nitrogens with zero attached hydrogens (tertiary/aromatic N) is 2. The van der Waals surface area contributed by atoms with Crippen molar-refractivity contribution in [1.29, 1.82) is 0 Å². The largest absolute Gasteiger partial charge is 0.352 e. The van der Waals surface area contributed by atoms with Crippen molar-refractivity contribution in [3.63, 3.8) is 0 Å². The number of benzene rings is 1. The summed E-state index contributed by atoms with van der Waals surface area (Å²) in [5.41, 5.74) is 4.22. The van der Waals surface area contributed by atoms with Crippen LogP contribution in [-0.2, 0) is 11.3 Å². The van der Waals surface area contributed by atoms with E-state index in [-0.39, 0.29) is 18.3 Å². The van der Waals surface area contributed by atoms with Gasteiger partial charge >= 0.3 is 0 Å². The molecule has 0 aliphatic carbocycles. The first-order chi connectivity index (χ1) is 12.1. The molecular weight excluding hydrogens is 348 g/mol. The first kappa shape index (κ1) is 20.5. The van der Waals surface area contributed by atoms with Gasteiger partial charge in [-0.05, 0) is 69.8 Å². The van der Waals surface area contributed by atoms with Crippen LogP contribution in [0.1, 0.15) is 42.6 Å². The summed E-state index contributed by atoms with van der Waals surface area (Å²) < 4.78 is 1.95. The van der Waals surface area contributed by atoms with Gasteiger partial charge in [0.25, 0.3) is 0 Å². The SMILES string of the molecule is Cc1cc(C)n(-c2ccccc2CNC(=O)CCC2CCNCC2)n1.Cl. The van der Waals surface area contributed by atoms with Gasteiger partial charge in [-0.25, -0.2) is 4.68 Å². The van der Waals surface area contributed by atoms with E-state index in [9.17, 15) is 4.79 Å². The highest BCUT2D eigenvalue weighted by atomic mass is 35.5. The minimum atomic E-state index is 0. The molecule has 0 bridgehead atoms. The third-order valence-corrected chi connectivity index (χ3v) is 4.94. The van der Waals surface area contributed by atoms with Gasteiger partial charge < -0.3 is 10.6 Å². The Kier molecular flexibility index (Phi) is 7.66. The predicted octanol–water partition coefficient (Wildman–Crippen LogP) is 3.31. The number of aromatic nitrogens is 2. The molecule has 1 fully saturated rings. The van der Waals surface area contributed by atoms with Gasteiger partial charge in [0, 0.05) is 18.7 Å². The quantitative estimate of drug-likeness (QED) is 0.813. The number of halogens is 1. The Labute approximate surface area is 162 Å². The van der Waals surface area contributed by atoms with Crippen molar-refractivity contribution >= 4 is 18.3 Å². The summed E-state index contributed by atoms with van der Waals surface area (Å²) in [4.78, 5) is 12.2. The second-order valence-electron chi connectivity index (χ2n) is 6.98. The standard InChI is InChI=1S/C20H28N4O.ClH/c1-15-13-16(2)24(23-15)19-6-4-3-5-18(19)14-22-20(25)8-7-17-9-11-21-12-10-17;/h3-6,13,17,21H,7-12,14H2,1-2H3,(H,22,25);1H. The maximum Gasteiger partial charge on any atom is 0.220 e.